The molecule has 0 unspecified atom stereocenters. The zero-order chi connectivity index (χ0) is 28.3. The Kier molecular flexibility index (Phi) is 8.45. The number of carbonyl (C=O) groups is 2. The molecule has 2 heterocycles. The van der Waals surface area contributed by atoms with Crippen LogP contribution in [0, 0.1) is 10.1 Å². The first-order valence-corrected chi connectivity index (χ1v) is 12.8. The molecule has 4 rings (SSSR count). The van der Waals surface area contributed by atoms with Crippen molar-refractivity contribution in [3.05, 3.63) is 57.1 Å². The second-order valence-corrected chi connectivity index (χ2v) is 9.82. The highest BCUT2D eigenvalue weighted by Crippen LogP contribution is 2.31. The molecule has 2 saturated heterocycles. The Morgan fingerprint density at radius 1 is 0.949 bits per heavy atom. The highest BCUT2D eigenvalue weighted by molar-refractivity contribution is 7.80. The third kappa shape index (κ3) is 6.68. The number of hydrogen-bond donors (Lipinski definition) is 2. The molecule has 208 valence electrons. The molecule has 15 heteroatoms. The minimum Gasteiger partial charge on any atom is -0.371 e. The zero-order valence-corrected chi connectivity index (χ0v) is 22.0. The predicted molar refractivity (Wildman–Crippen MR) is 145 cm³/mol. The van der Waals surface area contributed by atoms with E-state index < -0.39 is 22.9 Å². The Bertz CT molecular complexity index is 1300. The summed E-state index contributed by atoms with van der Waals surface area (Å²) in [5.41, 5.74) is 1.52. The van der Waals surface area contributed by atoms with E-state index in [-0.39, 0.29) is 42.5 Å². The van der Waals surface area contributed by atoms with E-state index in [1.165, 1.54) is 12.1 Å². The van der Waals surface area contributed by atoms with Crippen molar-refractivity contribution >= 4 is 63.5 Å². The molecular formula is C24H24ClF3N6O4S. The van der Waals surface area contributed by atoms with Gasteiger partial charge in [-0.3, -0.25) is 25.0 Å². The van der Waals surface area contributed by atoms with E-state index in [4.69, 9.17) is 23.8 Å². The number of non-ortho nitro benzene ring substituents is 1. The van der Waals surface area contributed by atoms with E-state index in [0.29, 0.717) is 22.1 Å². The number of benzene rings is 2. The summed E-state index contributed by atoms with van der Waals surface area (Å²) in [6, 6.07) is 8.98. The fourth-order valence-electron chi connectivity index (χ4n) is 4.56. The van der Waals surface area contributed by atoms with Crippen LogP contribution in [0.1, 0.15) is 23.2 Å². The maximum atomic E-state index is 13.0. The van der Waals surface area contributed by atoms with Gasteiger partial charge in [0.1, 0.15) is 0 Å². The van der Waals surface area contributed by atoms with Crippen molar-refractivity contribution in [2.45, 2.75) is 19.0 Å². The van der Waals surface area contributed by atoms with Gasteiger partial charge in [0.25, 0.3) is 11.6 Å². The van der Waals surface area contributed by atoms with Crippen LogP contribution in [-0.2, 0) is 4.79 Å². The summed E-state index contributed by atoms with van der Waals surface area (Å²) >= 11 is 11.7. The first-order chi connectivity index (χ1) is 18.4. The Labute approximate surface area is 231 Å². The fourth-order valence-corrected chi connectivity index (χ4v) is 5.07. The highest BCUT2D eigenvalue weighted by Gasteiger charge is 2.43. The van der Waals surface area contributed by atoms with E-state index in [2.05, 4.69) is 10.6 Å². The lowest BCUT2D eigenvalue weighted by molar-refractivity contribution is -0.384. The molecule has 39 heavy (non-hydrogen) atoms. The van der Waals surface area contributed by atoms with Crippen LogP contribution in [0.25, 0.3) is 0 Å². The lowest BCUT2D eigenvalue weighted by Gasteiger charge is -2.36. The van der Waals surface area contributed by atoms with Crippen LogP contribution in [0.2, 0.25) is 5.02 Å². The second-order valence-electron chi connectivity index (χ2n) is 9.00. The number of nitro benzene ring substituents is 1. The van der Waals surface area contributed by atoms with Gasteiger partial charge in [-0.05, 0) is 49.3 Å². The van der Waals surface area contributed by atoms with Gasteiger partial charge >= 0.3 is 12.1 Å². The van der Waals surface area contributed by atoms with Crippen molar-refractivity contribution in [3.63, 3.8) is 0 Å². The number of rotatable bonds is 5. The number of halogens is 4. The summed E-state index contributed by atoms with van der Waals surface area (Å²) in [6.45, 7) is 1.62. The first-order valence-electron chi connectivity index (χ1n) is 12.0. The summed E-state index contributed by atoms with van der Waals surface area (Å²) in [7, 11) is 0. The summed E-state index contributed by atoms with van der Waals surface area (Å²) in [6.07, 6.45) is -3.00. The predicted octanol–water partition coefficient (Wildman–Crippen LogP) is 4.19. The van der Waals surface area contributed by atoms with Crippen molar-refractivity contribution in [2.75, 3.05) is 54.4 Å². The summed E-state index contributed by atoms with van der Waals surface area (Å²) in [5.74, 6) is -2.46. The molecule has 0 saturated carbocycles. The number of anilines is 3. The van der Waals surface area contributed by atoms with Gasteiger partial charge in [-0.2, -0.15) is 13.2 Å². The summed E-state index contributed by atoms with van der Waals surface area (Å²) < 4.78 is 38.1. The number of amides is 2. The SMILES string of the molecule is O=C(NC(=S)Nc1ccc(N2CCN(C(=O)C(F)(F)F)CC2)c(Cl)c1)c1cc([N+](=O)[O-])ccc1N1CCCC1. The number of hydrogen-bond acceptors (Lipinski definition) is 7. The van der Waals surface area contributed by atoms with Gasteiger partial charge in [0.15, 0.2) is 5.11 Å². The zero-order valence-electron chi connectivity index (χ0n) is 20.5. The van der Waals surface area contributed by atoms with E-state index in [0.717, 1.165) is 30.8 Å². The van der Waals surface area contributed by atoms with Gasteiger partial charge in [0, 0.05) is 57.1 Å². The van der Waals surface area contributed by atoms with Crippen molar-refractivity contribution in [1.82, 2.24) is 10.2 Å². The monoisotopic (exact) mass is 584 g/mol. The van der Waals surface area contributed by atoms with E-state index >= 15 is 0 Å². The number of piperazine rings is 1. The minimum absolute atomic E-state index is 0.0537. The molecule has 2 aromatic rings. The van der Waals surface area contributed by atoms with Crippen molar-refractivity contribution in [3.8, 4) is 0 Å². The Morgan fingerprint density at radius 2 is 1.56 bits per heavy atom. The quantitative estimate of drug-likeness (QED) is 0.306. The Morgan fingerprint density at radius 3 is 2.15 bits per heavy atom. The van der Waals surface area contributed by atoms with Crippen LogP contribution in [0.4, 0.5) is 35.9 Å². The molecule has 0 aliphatic carbocycles. The number of carbonyl (C=O) groups excluding carboxylic acids is 2. The minimum atomic E-state index is -4.91. The van der Waals surface area contributed by atoms with Gasteiger partial charge in [0.2, 0.25) is 0 Å². The van der Waals surface area contributed by atoms with Crippen molar-refractivity contribution in [2.24, 2.45) is 0 Å². The lowest BCUT2D eigenvalue weighted by Crippen LogP contribution is -2.52. The molecule has 0 radical (unpaired) electrons. The Balaban J connectivity index is 1.40. The average molecular weight is 585 g/mol. The first kappa shape index (κ1) is 28.4. The molecule has 2 fully saturated rings. The number of nitrogens with one attached hydrogen (secondary N) is 2. The number of nitrogens with zero attached hydrogens (tertiary/aromatic N) is 4. The largest absolute Gasteiger partial charge is 0.471 e. The molecule has 10 nitrogen and oxygen atoms in total. The molecule has 2 aromatic carbocycles. The smallest absolute Gasteiger partial charge is 0.371 e. The van der Waals surface area contributed by atoms with Gasteiger partial charge in [-0.1, -0.05) is 11.6 Å². The molecule has 0 atom stereocenters. The topological polar surface area (TPSA) is 111 Å². The van der Waals surface area contributed by atoms with Crippen LogP contribution in [0.5, 0.6) is 0 Å². The van der Waals surface area contributed by atoms with Gasteiger partial charge < -0.3 is 20.0 Å². The molecule has 2 amide bonds. The molecule has 0 bridgehead atoms. The van der Waals surface area contributed by atoms with Crippen LogP contribution in [-0.4, -0.2) is 72.2 Å². The van der Waals surface area contributed by atoms with E-state index in [9.17, 15) is 32.9 Å². The molecule has 0 aromatic heterocycles. The van der Waals surface area contributed by atoms with E-state index in [1.54, 1.807) is 29.2 Å². The van der Waals surface area contributed by atoms with Crippen LogP contribution < -0.4 is 20.4 Å². The molecule has 2 N–H and O–H groups in total. The van der Waals surface area contributed by atoms with Crippen LogP contribution in [0.15, 0.2) is 36.4 Å². The van der Waals surface area contributed by atoms with Crippen molar-refractivity contribution in [1.29, 1.82) is 0 Å². The van der Waals surface area contributed by atoms with Crippen LogP contribution >= 0.6 is 23.8 Å². The molecule has 2 aliphatic rings. The molecule has 0 spiro atoms. The Hall–Kier alpha value is -3.65. The number of nitro groups is 1. The highest BCUT2D eigenvalue weighted by atomic mass is 35.5. The van der Waals surface area contributed by atoms with Crippen LogP contribution in [0.3, 0.4) is 0 Å². The van der Waals surface area contributed by atoms with E-state index in [1.807, 2.05) is 4.90 Å². The standard InChI is InChI=1S/C24H24ClF3N6O4S/c25-18-13-15(3-5-20(18)32-9-11-33(12-10-32)22(36)24(26,27)28)29-23(39)30-21(35)17-14-16(34(37)38)4-6-19(17)31-7-1-2-8-31/h3-6,13-14H,1-2,7-12H2,(H2,29,30,35,39). The number of alkyl halides is 3. The normalized spacial score (nSPS) is 15.7. The second kappa shape index (κ2) is 11.6. The maximum Gasteiger partial charge on any atom is 0.471 e. The molecule has 2 aliphatic heterocycles. The maximum absolute atomic E-state index is 13.0. The third-order valence-electron chi connectivity index (χ3n) is 6.47. The number of thiocarbonyl (C=S) groups is 1. The third-order valence-corrected chi connectivity index (χ3v) is 6.97. The lowest BCUT2D eigenvalue weighted by atomic mass is 10.1. The van der Waals surface area contributed by atoms with Gasteiger partial charge in [-0.15, -0.1) is 0 Å². The van der Waals surface area contributed by atoms with Gasteiger partial charge in [-0.25, -0.2) is 0 Å². The van der Waals surface area contributed by atoms with Gasteiger partial charge in [0.05, 0.1) is 26.9 Å². The summed E-state index contributed by atoms with van der Waals surface area (Å²) in [4.78, 5) is 39.7. The molecular weight excluding hydrogens is 561 g/mol. The average Bonchev–Trinajstić information content (AvgIpc) is 3.42. The fraction of sp³-hybridized carbons (Fsp3) is 0.375. The summed E-state index contributed by atoms with van der Waals surface area (Å²) in [5, 5.41) is 16.9. The van der Waals surface area contributed by atoms with Crippen molar-refractivity contribution < 1.29 is 27.7 Å².